The van der Waals surface area contributed by atoms with Crippen molar-refractivity contribution in [3.63, 3.8) is 0 Å². The third-order valence-corrected chi connectivity index (χ3v) is 5.83. The van der Waals surface area contributed by atoms with Gasteiger partial charge in [-0.05, 0) is 63.1 Å². The Labute approximate surface area is 200 Å². The highest BCUT2D eigenvalue weighted by Gasteiger charge is 2.23. The summed E-state index contributed by atoms with van der Waals surface area (Å²) in [6, 6.07) is 13.4. The lowest BCUT2D eigenvalue weighted by molar-refractivity contribution is -0.139. The molecular formula is C26H31ClN4O2. The molecule has 0 atom stereocenters. The molecule has 7 heteroatoms. The molecule has 0 radical (unpaired) electrons. The second-order valence-corrected chi connectivity index (χ2v) is 9.29. The molecule has 0 saturated heterocycles. The van der Waals surface area contributed by atoms with Gasteiger partial charge in [-0.1, -0.05) is 43.6 Å². The van der Waals surface area contributed by atoms with Crippen molar-refractivity contribution in [3.05, 3.63) is 64.8 Å². The lowest BCUT2D eigenvalue weighted by atomic mass is 10.1. The summed E-state index contributed by atoms with van der Waals surface area (Å²) in [6.07, 6.45) is 1.89. The molecule has 6 nitrogen and oxygen atoms in total. The monoisotopic (exact) mass is 466 g/mol. The number of halogens is 1. The zero-order chi connectivity index (χ0) is 24.3. The van der Waals surface area contributed by atoms with Crippen LogP contribution in [0.25, 0.3) is 16.9 Å². The largest absolute Gasteiger partial charge is 0.331 e. The summed E-state index contributed by atoms with van der Waals surface area (Å²) in [5.41, 5.74) is 4.80. The lowest BCUT2D eigenvalue weighted by Crippen LogP contribution is -2.44. The minimum Gasteiger partial charge on any atom is -0.331 e. The lowest BCUT2D eigenvalue weighted by Gasteiger charge is -2.27. The number of amides is 2. The van der Waals surface area contributed by atoms with Gasteiger partial charge < -0.3 is 4.90 Å². The zero-order valence-electron chi connectivity index (χ0n) is 20.0. The van der Waals surface area contributed by atoms with Gasteiger partial charge in [0.2, 0.25) is 17.8 Å². The van der Waals surface area contributed by atoms with Crippen LogP contribution in [0.5, 0.6) is 0 Å². The molecule has 174 valence electrons. The van der Waals surface area contributed by atoms with Gasteiger partial charge in [-0.3, -0.25) is 19.5 Å². The topological polar surface area (TPSA) is 67.2 Å². The molecule has 0 unspecified atom stereocenters. The molecule has 3 rings (SSSR count). The van der Waals surface area contributed by atoms with E-state index in [0.717, 1.165) is 16.8 Å². The van der Waals surface area contributed by atoms with Crippen molar-refractivity contribution in [1.82, 2.24) is 14.5 Å². The number of aryl methyl sites for hydroxylation is 2. The molecule has 0 spiro atoms. The van der Waals surface area contributed by atoms with E-state index in [1.165, 1.54) is 5.56 Å². The van der Waals surface area contributed by atoms with Crippen LogP contribution in [0, 0.1) is 19.8 Å². The highest BCUT2D eigenvalue weighted by molar-refractivity contribution is 6.30. The average molecular weight is 467 g/mol. The fourth-order valence-corrected chi connectivity index (χ4v) is 3.59. The number of anilines is 1. The van der Waals surface area contributed by atoms with Crippen LogP contribution in [-0.4, -0.2) is 38.9 Å². The SMILES string of the molecule is Cc1ccc(-n2cc(-c3ccc(Cl)cc3)nc2NC(=O)CN(C(=O)C(C)C)C(C)C)cc1C. The molecule has 0 aliphatic carbocycles. The minimum atomic E-state index is -0.295. The Kier molecular flexibility index (Phi) is 7.59. The van der Waals surface area contributed by atoms with Crippen molar-refractivity contribution < 1.29 is 9.59 Å². The second kappa shape index (κ2) is 10.2. The number of nitrogens with zero attached hydrogens (tertiary/aromatic N) is 3. The summed E-state index contributed by atoms with van der Waals surface area (Å²) in [5.74, 6) is -0.140. The van der Waals surface area contributed by atoms with Gasteiger partial charge in [-0.25, -0.2) is 4.98 Å². The van der Waals surface area contributed by atoms with Crippen LogP contribution >= 0.6 is 11.6 Å². The molecule has 1 N–H and O–H groups in total. The maximum Gasteiger partial charge on any atom is 0.246 e. The maximum atomic E-state index is 13.0. The molecule has 2 amide bonds. The van der Waals surface area contributed by atoms with E-state index >= 15 is 0 Å². The standard InChI is InChI=1S/C26H31ClN4O2/c1-16(2)25(33)30(17(3)4)15-24(32)29-26-28-23(20-8-10-21(27)11-9-20)14-31(26)22-12-7-18(5)19(6)13-22/h7-14,16-17H,15H2,1-6H3,(H,28,29,32). The number of hydrogen-bond donors (Lipinski definition) is 1. The van der Waals surface area contributed by atoms with Crippen LogP contribution in [0.3, 0.4) is 0 Å². The first-order valence-corrected chi connectivity index (χ1v) is 11.5. The summed E-state index contributed by atoms with van der Waals surface area (Å²) in [6.45, 7) is 11.5. The van der Waals surface area contributed by atoms with E-state index in [4.69, 9.17) is 16.6 Å². The Morgan fingerprint density at radius 2 is 1.70 bits per heavy atom. The highest BCUT2D eigenvalue weighted by atomic mass is 35.5. The van der Waals surface area contributed by atoms with Crippen LogP contribution in [-0.2, 0) is 9.59 Å². The van der Waals surface area contributed by atoms with Gasteiger partial charge in [0.25, 0.3) is 0 Å². The molecule has 3 aromatic rings. The Balaban J connectivity index is 1.96. The predicted octanol–water partition coefficient (Wildman–Crippen LogP) is 5.64. The summed E-state index contributed by atoms with van der Waals surface area (Å²) in [7, 11) is 0. The van der Waals surface area contributed by atoms with E-state index in [9.17, 15) is 9.59 Å². The van der Waals surface area contributed by atoms with Gasteiger partial charge >= 0.3 is 0 Å². The van der Waals surface area contributed by atoms with Crippen LogP contribution < -0.4 is 5.32 Å². The fraction of sp³-hybridized carbons (Fsp3) is 0.346. The number of nitrogens with one attached hydrogen (secondary N) is 1. The van der Waals surface area contributed by atoms with Crippen LogP contribution in [0.2, 0.25) is 5.02 Å². The second-order valence-electron chi connectivity index (χ2n) is 8.86. The van der Waals surface area contributed by atoms with E-state index in [0.29, 0.717) is 16.7 Å². The molecule has 0 aliphatic rings. The molecule has 0 fully saturated rings. The van der Waals surface area contributed by atoms with E-state index < -0.39 is 0 Å². The normalized spacial score (nSPS) is 11.2. The van der Waals surface area contributed by atoms with Gasteiger partial charge in [0.05, 0.1) is 5.69 Å². The maximum absolute atomic E-state index is 13.0. The molecule has 1 aromatic heterocycles. The Bertz CT molecular complexity index is 1150. The summed E-state index contributed by atoms with van der Waals surface area (Å²) >= 11 is 6.04. The third-order valence-electron chi connectivity index (χ3n) is 5.58. The highest BCUT2D eigenvalue weighted by Crippen LogP contribution is 2.26. The van der Waals surface area contributed by atoms with Gasteiger partial charge in [-0.15, -0.1) is 0 Å². The van der Waals surface area contributed by atoms with Gasteiger partial charge in [0.15, 0.2) is 0 Å². The van der Waals surface area contributed by atoms with Crippen molar-refractivity contribution in [2.45, 2.75) is 47.6 Å². The summed E-state index contributed by atoms with van der Waals surface area (Å²) in [5, 5.41) is 3.56. The van der Waals surface area contributed by atoms with E-state index in [1.54, 1.807) is 4.90 Å². The molecule has 0 saturated carbocycles. The van der Waals surface area contributed by atoms with Crippen LogP contribution in [0.15, 0.2) is 48.7 Å². The Morgan fingerprint density at radius 1 is 1.03 bits per heavy atom. The summed E-state index contributed by atoms with van der Waals surface area (Å²) in [4.78, 5) is 31.8. The van der Waals surface area contributed by atoms with Gasteiger partial charge in [0.1, 0.15) is 6.54 Å². The Hall–Kier alpha value is -3.12. The number of carbonyl (C=O) groups is 2. The van der Waals surface area contributed by atoms with Crippen molar-refractivity contribution >= 4 is 29.4 Å². The average Bonchev–Trinajstić information content (AvgIpc) is 3.17. The van der Waals surface area contributed by atoms with Crippen LogP contribution in [0.4, 0.5) is 5.95 Å². The third kappa shape index (κ3) is 5.82. The van der Waals surface area contributed by atoms with Crippen molar-refractivity contribution in [3.8, 4) is 16.9 Å². The quantitative estimate of drug-likeness (QED) is 0.489. The van der Waals surface area contributed by atoms with Gasteiger partial charge in [0, 0.05) is 34.4 Å². The first-order valence-electron chi connectivity index (χ1n) is 11.1. The minimum absolute atomic E-state index is 0.0370. The van der Waals surface area contributed by atoms with E-state index in [2.05, 4.69) is 18.3 Å². The number of benzene rings is 2. The molecule has 0 aliphatic heterocycles. The first-order chi connectivity index (χ1) is 15.6. The molecule has 0 bridgehead atoms. The zero-order valence-corrected chi connectivity index (χ0v) is 20.8. The van der Waals surface area contributed by atoms with Crippen molar-refractivity contribution in [2.24, 2.45) is 5.92 Å². The predicted molar refractivity (Wildman–Crippen MR) is 134 cm³/mol. The molecule has 33 heavy (non-hydrogen) atoms. The molecule has 2 aromatic carbocycles. The smallest absolute Gasteiger partial charge is 0.246 e. The van der Waals surface area contributed by atoms with Crippen molar-refractivity contribution in [2.75, 3.05) is 11.9 Å². The first kappa shape index (κ1) is 24.5. The number of rotatable bonds is 7. The number of carbonyl (C=O) groups excluding carboxylic acids is 2. The Morgan fingerprint density at radius 3 is 2.27 bits per heavy atom. The van der Waals surface area contributed by atoms with Gasteiger partial charge in [-0.2, -0.15) is 0 Å². The number of aromatic nitrogens is 2. The fourth-order valence-electron chi connectivity index (χ4n) is 3.47. The van der Waals surface area contributed by atoms with Crippen molar-refractivity contribution in [1.29, 1.82) is 0 Å². The van der Waals surface area contributed by atoms with Crippen LogP contribution in [0.1, 0.15) is 38.8 Å². The molecule has 1 heterocycles. The van der Waals surface area contributed by atoms with E-state index in [-0.39, 0.29) is 30.3 Å². The van der Waals surface area contributed by atoms with E-state index in [1.807, 2.05) is 81.8 Å². The number of imidazole rings is 1. The number of hydrogen-bond acceptors (Lipinski definition) is 3. The molecular weight excluding hydrogens is 436 g/mol. The summed E-state index contributed by atoms with van der Waals surface area (Å²) < 4.78 is 1.86.